The minimum atomic E-state index is 0.910. The predicted octanol–water partition coefficient (Wildman–Crippen LogP) is 4.41. The average molecular weight is 380 g/mol. The normalized spacial score (nSPS) is 11.0. The second-order valence-electron chi connectivity index (χ2n) is 5.31. The molecule has 0 aliphatic rings. The van der Waals surface area contributed by atoms with Crippen LogP contribution in [-0.4, -0.2) is 32.3 Å². The second-order valence-corrected chi connectivity index (χ2v) is 8.66. The number of hydrogen-bond donors (Lipinski definition) is 1. The summed E-state index contributed by atoms with van der Waals surface area (Å²) in [6.07, 6.45) is 8.48. The molecule has 0 amide bonds. The van der Waals surface area contributed by atoms with Crippen molar-refractivity contribution in [2.24, 2.45) is 0 Å². The van der Waals surface area contributed by atoms with E-state index < -0.39 is 0 Å². The Balaban J connectivity index is 1.25. The van der Waals surface area contributed by atoms with Gasteiger partial charge in [-0.3, -0.25) is 4.68 Å². The zero-order valence-electron chi connectivity index (χ0n) is 13.4. The molecular formula is C16H21N5S3. The Hall–Kier alpha value is -1.38. The lowest BCUT2D eigenvalue weighted by Gasteiger charge is -2.01. The first-order valence-electron chi connectivity index (χ1n) is 8.10. The highest BCUT2D eigenvalue weighted by Crippen LogP contribution is 2.26. The third-order valence-corrected chi connectivity index (χ3v) is 6.49. The zero-order chi connectivity index (χ0) is 16.5. The van der Waals surface area contributed by atoms with E-state index >= 15 is 0 Å². The van der Waals surface area contributed by atoms with Crippen LogP contribution in [-0.2, 0) is 13.0 Å². The van der Waals surface area contributed by atoms with Crippen LogP contribution in [0.15, 0.2) is 40.3 Å². The lowest BCUT2D eigenvalue weighted by Crippen LogP contribution is -2.03. The van der Waals surface area contributed by atoms with Gasteiger partial charge in [0.2, 0.25) is 5.13 Å². The minimum absolute atomic E-state index is 0.910. The van der Waals surface area contributed by atoms with Crippen LogP contribution in [0.4, 0.5) is 5.13 Å². The van der Waals surface area contributed by atoms with Crippen LogP contribution in [0.5, 0.6) is 0 Å². The molecule has 0 fully saturated rings. The van der Waals surface area contributed by atoms with Crippen molar-refractivity contribution in [3.8, 4) is 0 Å². The molecule has 3 heterocycles. The highest BCUT2D eigenvalue weighted by molar-refractivity contribution is 8.01. The van der Waals surface area contributed by atoms with Gasteiger partial charge in [0.25, 0.3) is 0 Å². The molecule has 3 aromatic rings. The molecular weight excluding hydrogens is 358 g/mol. The number of aryl methyl sites for hydroxylation is 1. The van der Waals surface area contributed by atoms with Crippen LogP contribution in [0, 0.1) is 0 Å². The smallest absolute Gasteiger partial charge is 0.206 e. The summed E-state index contributed by atoms with van der Waals surface area (Å²) in [5.41, 5.74) is 0. The van der Waals surface area contributed by atoms with E-state index in [1.54, 1.807) is 34.4 Å². The molecule has 5 nitrogen and oxygen atoms in total. The van der Waals surface area contributed by atoms with E-state index in [2.05, 4.69) is 38.1 Å². The van der Waals surface area contributed by atoms with Crippen molar-refractivity contribution < 1.29 is 0 Å². The number of rotatable bonds is 11. The lowest BCUT2D eigenvalue weighted by atomic mass is 10.2. The van der Waals surface area contributed by atoms with Crippen molar-refractivity contribution in [1.29, 1.82) is 0 Å². The molecule has 0 unspecified atom stereocenters. The van der Waals surface area contributed by atoms with Gasteiger partial charge in [-0.05, 0) is 36.8 Å². The zero-order valence-corrected chi connectivity index (χ0v) is 15.9. The maximum absolute atomic E-state index is 4.25. The maximum atomic E-state index is 4.25. The lowest BCUT2D eigenvalue weighted by molar-refractivity contribution is 0.554. The van der Waals surface area contributed by atoms with Gasteiger partial charge in [0.15, 0.2) is 4.34 Å². The molecule has 0 saturated heterocycles. The van der Waals surface area contributed by atoms with Crippen LogP contribution in [0.3, 0.4) is 0 Å². The molecule has 0 radical (unpaired) electrons. The van der Waals surface area contributed by atoms with E-state index in [0.29, 0.717) is 0 Å². The fourth-order valence-electron chi connectivity index (χ4n) is 2.23. The largest absolute Gasteiger partial charge is 0.360 e. The Labute approximate surface area is 154 Å². The third kappa shape index (κ3) is 5.92. The van der Waals surface area contributed by atoms with Gasteiger partial charge in [0.1, 0.15) is 0 Å². The molecule has 8 heteroatoms. The maximum Gasteiger partial charge on any atom is 0.206 e. The van der Waals surface area contributed by atoms with Gasteiger partial charge in [0, 0.05) is 36.1 Å². The van der Waals surface area contributed by atoms with Crippen molar-refractivity contribution in [2.45, 2.75) is 36.6 Å². The van der Waals surface area contributed by atoms with Crippen molar-refractivity contribution >= 4 is 39.6 Å². The van der Waals surface area contributed by atoms with Crippen molar-refractivity contribution in [3.63, 3.8) is 0 Å². The van der Waals surface area contributed by atoms with E-state index in [9.17, 15) is 0 Å². The van der Waals surface area contributed by atoms with E-state index in [4.69, 9.17) is 0 Å². The number of thiophene rings is 1. The number of unbranched alkanes of at least 4 members (excludes halogenated alkanes) is 2. The Morgan fingerprint density at radius 3 is 3.00 bits per heavy atom. The van der Waals surface area contributed by atoms with Gasteiger partial charge in [-0.25, -0.2) is 0 Å². The SMILES string of the molecule is c1csc(CCNc2nnc(SCCCCCn3cccn3)s2)c1. The van der Waals surface area contributed by atoms with Gasteiger partial charge in [0.05, 0.1) is 0 Å². The first kappa shape index (κ1) is 17.4. The van der Waals surface area contributed by atoms with Gasteiger partial charge in [-0.15, -0.1) is 21.5 Å². The molecule has 24 heavy (non-hydrogen) atoms. The quantitative estimate of drug-likeness (QED) is 0.395. The second kappa shape index (κ2) is 9.80. The van der Waals surface area contributed by atoms with Crippen LogP contribution < -0.4 is 5.32 Å². The Bertz CT molecular complexity index is 678. The van der Waals surface area contributed by atoms with E-state index in [1.807, 2.05) is 23.1 Å². The molecule has 128 valence electrons. The summed E-state index contributed by atoms with van der Waals surface area (Å²) >= 11 is 5.25. The highest BCUT2D eigenvalue weighted by Gasteiger charge is 2.04. The number of nitrogens with zero attached hydrogens (tertiary/aromatic N) is 4. The molecule has 0 aliphatic heterocycles. The van der Waals surface area contributed by atoms with Crippen LogP contribution in [0.1, 0.15) is 24.1 Å². The average Bonchev–Trinajstić information content (AvgIpc) is 3.34. The molecule has 0 aromatic carbocycles. The first-order valence-corrected chi connectivity index (χ1v) is 10.8. The Kier molecular flexibility index (Phi) is 7.13. The Morgan fingerprint density at radius 1 is 1.17 bits per heavy atom. The topological polar surface area (TPSA) is 55.6 Å². The van der Waals surface area contributed by atoms with Crippen molar-refractivity contribution in [1.82, 2.24) is 20.0 Å². The van der Waals surface area contributed by atoms with Crippen molar-refractivity contribution in [2.75, 3.05) is 17.6 Å². The highest BCUT2D eigenvalue weighted by atomic mass is 32.2. The number of thioether (sulfide) groups is 1. The van der Waals surface area contributed by atoms with E-state index in [0.717, 1.165) is 34.7 Å². The third-order valence-electron chi connectivity index (χ3n) is 3.45. The first-order chi connectivity index (χ1) is 11.9. The molecule has 1 N–H and O–H groups in total. The summed E-state index contributed by atoms with van der Waals surface area (Å²) in [6.45, 7) is 1.92. The number of nitrogens with one attached hydrogen (secondary N) is 1. The van der Waals surface area contributed by atoms with Gasteiger partial charge in [-0.2, -0.15) is 5.10 Å². The molecule has 0 atom stereocenters. The number of anilines is 1. The summed E-state index contributed by atoms with van der Waals surface area (Å²) in [6, 6.07) is 6.23. The fourth-order valence-corrected chi connectivity index (χ4v) is 4.79. The van der Waals surface area contributed by atoms with Gasteiger partial charge in [-0.1, -0.05) is 35.6 Å². The molecule has 0 spiro atoms. The van der Waals surface area contributed by atoms with Crippen LogP contribution in [0.2, 0.25) is 0 Å². The fraction of sp³-hybridized carbons (Fsp3) is 0.438. The van der Waals surface area contributed by atoms with Crippen molar-refractivity contribution in [3.05, 3.63) is 40.8 Å². The summed E-state index contributed by atoms with van der Waals surface area (Å²) < 4.78 is 3.05. The molecule has 0 saturated carbocycles. The van der Waals surface area contributed by atoms with Gasteiger partial charge < -0.3 is 5.32 Å². The van der Waals surface area contributed by atoms with E-state index in [-0.39, 0.29) is 0 Å². The standard InChI is InChI=1S/C16H21N5S3/c1(2-10-21-11-5-8-18-21)3-12-23-16-20-19-15(24-16)17-9-7-14-6-4-13-22-14/h4-6,8,11,13H,1-3,7,9-10,12H2,(H,17,19). The summed E-state index contributed by atoms with van der Waals surface area (Å²) in [5, 5.41) is 19.1. The molecule has 0 aliphatic carbocycles. The molecule has 0 bridgehead atoms. The van der Waals surface area contributed by atoms with Crippen LogP contribution in [0.25, 0.3) is 0 Å². The summed E-state index contributed by atoms with van der Waals surface area (Å²) in [4.78, 5) is 1.40. The van der Waals surface area contributed by atoms with E-state index in [1.165, 1.54) is 24.1 Å². The van der Waals surface area contributed by atoms with Gasteiger partial charge >= 0.3 is 0 Å². The number of aromatic nitrogens is 4. The monoisotopic (exact) mass is 379 g/mol. The minimum Gasteiger partial charge on any atom is -0.360 e. The number of hydrogen-bond acceptors (Lipinski definition) is 7. The predicted molar refractivity (Wildman–Crippen MR) is 103 cm³/mol. The molecule has 3 aromatic heterocycles. The Morgan fingerprint density at radius 2 is 2.17 bits per heavy atom. The van der Waals surface area contributed by atoms with Crippen LogP contribution >= 0.6 is 34.4 Å². The summed E-state index contributed by atoms with van der Waals surface area (Å²) in [7, 11) is 0. The molecule has 3 rings (SSSR count). The summed E-state index contributed by atoms with van der Waals surface area (Å²) in [5.74, 6) is 1.10.